The number of nitrogens with one attached hydrogen (secondary N) is 1. The van der Waals surface area contributed by atoms with Crippen LogP contribution in [0.5, 0.6) is 5.75 Å². The number of amides is 2. The first-order valence-corrected chi connectivity index (χ1v) is 8.82. The van der Waals surface area contributed by atoms with Gasteiger partial charge in [-0.05, 0) is 48.6 Å². The highest BCUT2D eigenvalue weighted by molar-refractivity contribution is 7.10. The molecule has 1 aromatic carbocycles. The molecule has 6 heteroatoms. The van der Waals surface area contributed by atoms with Crippen molar-refractivity contribution < 1.29 is 14.3 Å². The Labute approximate surface area is 145 Å². The van der Waals surface area contributed by atoms with Crippen molar-refractivity contribution in [1.29, 1.82) is 0 Å². The Morgan fingerprint density at radius 1 is 1.29 bits per heavy atom. The molecule has 0 spiro atoms. The minimum atomic E-state index is -0.389. The number of likely N-dealkylation sites (tertiary alicyclic amines) is 1. The summed E-state index contributed by atoms with van der Waals surface area (Å²) in [6.45, 7) is 0.644. The van der Waals surface area contributed by atoms with Gasteiger partial charge < -0.3 is 15.0 Å². The third-order valence-electron chi connectivity index (χ3n) is 4.14. The highest BCUT2D eigenvalue weighted by Crippen LogP contribution is 2.22. The maximum atomic E-state index is 12.6. The van der Waals surface area contributed by atoms with Crippen LogP contribution in [0.4, 0.5) is 5.69 Å². The van der Waals surface area contributed by atoms with Crippen molar-refractivity contribution in [2.45, 2.75) is 25.3 Å². The fourth-order valence-corrected chi connectivity index (χ4v) is 3.60. The van der Waals surface area contributed by atoms with Crippen LogP contribution < -0.4 is 10.1 Å². The van der Waals surface area contributed by atoms with Crippen molar-refractivity contribution in [1.82, 2.24) is 4.90 Å². The molecule has 1 N–H and O–H groups in total. The number of anilines is 1. The Kier molecular flexibility index (Phi) is 5.15. The van der Waals surface area contributed by atoms with Crippen LogP contribution in [0.2, 0.25) is 0 Å². The minimum absolute atomic E-state index is 0.0184. The second-order valence-electron chi connectivity index (χ2n) is 5.72. The van der Waals surface area contributed by atoms with E-state index in [1.54, 1.807) is 47.6 Å². The average Bonchev–Trinajstić information content (AvgIpc) is 3.27. The van der Waals surface area contributed by atoms with Gasteiger partial charge in [-0.15, -0.1) is 11.3 Å². The number of carbonyl (C=O) groups is 2. The highest BCUT2D eigenvalue weighted by atomic mass is 32.1. The molecule has 1 fully saturated rings. The number of methoxy groups -OCH3 is 1. The number of benzene rings is 1. The number of rotatable bonds is 5. The van der Waals surface area contributed by atoms with Gasteiger partial charge in [-0.1, -0.05) is 6.07 Å². The molecule has 0 radical (unpaired) electrons. The van der Waals surface area contributed by atoms with Crippen molar-refractivity contribution in [3.05, 3.63) is 46.7 Å². The van der Waals surface area contributed by atoms with E-state index in [1.807, 2.05) is 17.5 Å². The van der Waals surface area contributed by atoms with Crippen LogP contribution in [-0.2, 0) is 16.0 Å². The van der Waals surface area contributed by atoms with Gasteiger partial charge in [0.05, 0.1) is 13.5 Å². The quantitative estimate of drug-likeness (QED) is 0.907. The van der Waals surface area contributed by atoms with Crippen LogP contribution >= 0.6 is 11.3 Å². The number of nitrogens with zero attached hydrogens (tertiary/aromatic N) is 1. The van der Waals surface area contributed by atoms with E-state index in [0.717, 1.165) is 17.0 Å². The summed E-state index contributed by atoms with van der Waals surface area (Å²) in [6.07, 6.45) is 1.93. The number of thiophene rings is 1. The van der Waals surface area contributed by atoms with Crippen molar-refractivity contribution in [3.8, 4) is 5.75 Å². The summed E-state index contributed by atoms with van der Waals surface area (Å²) < 4.78 is 5.11. The molecule has 126 valence electrons. The highest BCUT2D eigenvalue weighted by Gasteiger charge is 2.34. The lowest BCUT2D eigenvalue weighted by Crippen LogP contribution is -2.43. The molecule has 0 unspecified atom stereocenters. The van der Waals surface area contributed by atoms with Crippen LogP contribution in [0.15, 0.2) is 41.8 Å². The van der Waals surface area contributed by atoms with Gasteiger partial charge in [0.2, 0.25) is 11.8 Å². The maximum absolute atomic E-state index is 12.6. The summed E-state index contributed by atoms with van der Waals surface area (Å²) in [7, 11) is 1.60. The van der Waals surface area contributed by atoms with Crippen LogP contribution in [0.1, 0.15) is 17.7 Å². The predicted octanol–water partition coefficient (Wildman–Crippen LogP) is 2.93. The van der Waals surface area contributed by atoms with Crippen LogP contribution in [0.25, 0.3) is 0 Å². The van der Waals surface area contributed by atoms with Gasteiger partial charge in [0.25, 0.3) is 0 Å². The smallest absolute Gasteiger partial charge is 0.247 e. The molecule has 24 heavy (non-hydrogen) atoms. The van der Waals surface area contributed by atoms with Crippen molar-refractivity contribution in [3.63, 3.8) is 0 Å². The van der Waals surface area contributed by atoms with Crippen LogP contribution in [0.3, 0.4) is 0 Å². The molecule has 1 saturated heterocycles. The molecule has 0 aliphatic carbocycles. The van der Waals surface area contributed by atoms with E-state index in [9.17, 15) is 9.59 Å². The maximum Gasteiger partial charge on any atom is 0.247 e. The third-order valence-corrected chi connectivity index (χ3v) is 5.02. The Balaban J connectivity index is 1.63. The van der Waals surface area contributed by atoms with E-state index in [4.69, 9.17) is 4.74 Å². The first-order chi connectivity index (χ1) is 11.7. The molecule has 5 nitrogen and oxygen atoms in total. The van der Waals surface area contributed by atoms with Crippen LogP contribution in [-0.4, -0.2) is 36.4 Å². The zero-order chi connectivity index (χ0) is 16.9. The molecule has 0 saturated carbocycles. The summed E-state index contributed by atoms with van der Waals surface area (Å²) in [6, 6.07) is 10.7. The molecule has 1 atom stereocenters. The topological polar surface area (TPSA) is 58.6 Å². The molecule has 2 heterocycles. The lowest BCUT2D eigenvalue weighted by atomic mass is 10.2. The molecule has 2 aromatic rings. The fraction of sp³-hybridized carbons (Fsp3) is 0.333. The van der Waals surface area contributed by atoms with E-state index in [1.165, 1.54) is 0 Å². The standard InChI is InChI=1S/C18H20N2O3S/c1-23-14-8-6-13(7-9-14)19-18(22)16-5-2-10-20(16)17(21)12-15-4-3-11-24-15/h3-4,6-9,11,16H,2,5,10,12H2,1H3,(H,19,22)/t16-/m1/s1. The van der Waals surface area contributed by atoms with E-state index >= 15 is 0 Å². The molecule has 0 bridgehead atoms. The molecule has 1 aliphatic rings. The average molecular weight is 344 g/mol. The summed E-state index contributed by atoms with van der Waals surface area (Å²) in [5.74, 6) is 0.628. The zero-order valence-electron chi connectivity index (χ0n) is 13.5. The van der Waals surface area contributed by atoms with Gasteiger partial charge in [-0.25, -0.2) is 0 Å². The van der Waals surface area contributed by atoms with Gasteiger partial charge in [0.15, 0.2) is 0 Å². The molecule has 2 amide bonds. The second kappa shape index (κ2) is 7.49. The van der Waals surface area contributed by atoms with Gasteiger partial charge >= 0.3 is 0 Å². The summed E-state index contributed by atoms with van der Waals surface area (Å²) >= 11 is 1.57. The Hall–Kier alpha value is -2.34. The van der Waals surface area contributed by atoms with E-state index in [0.29, 0.717) is 25.1 Å². The van der Waals surface area contributed by atoms with Crippen molar-refractivity contribution in [2.75, 3.05) is 19.0 Å². The van der Waals surface area contributed by atoms with Gasteiger partial charge in [0.1, 0.15) is 11.8 Å². The monoisotopic (exact) mass is 344 g/mol. The predicted molar refractivity (Wildman–Crippen MR) is 94.4 cm³/mol. The Morgan fingerprint density at radius 2 is 2.08 bits per heavy atom. The zero-order valence-corrected chi connectivity index (χ0v) is 14.3. The number of carbonyl (C=O) groups excluding carboxylic acids is 2. The molecule has 1 aromatic heterocycles. The molecule has 3 rings (SSSR count). The summed E-state index contributed by atoms with van der Waals surface area (Å²) in [5.41, 5.74) is 0.707. The van der Waals surface area contributed by atoms with E-state index in [2.05, 4.69) is 5.32 Å². The summed E-state index contributed by atoms with van der Waals surface area (Å²) in [5, 5.41) is 4.85. The van der Waals surface area contributed by atoms with E-state index in [-0.39, 0.29) is 17.9 Å². The Bertz CT molecular complexity index is 698. The van der Waals surface area contributed by atoms with Gasteiger partial charge in [0, 0.05) is 17.1 Å². The first-order valence-electron chi connectivity index (χ1n) is 7.94. The minimum Gasteiger partial charge on any atom is -0.497 e. The SMILES string of the molecule is COc1ccc(NC(=O)[C@H]2CCCN2C(=O)Cc2cccs2)cc1. The van der Waals surface area contributed by atoms with Gasteiger partial charge in [-0.3, -0.25) is 9.59 Å². The Morgan fingerprint density at radius 3 is 2.75 bits per heavy atom. The van der Waals surface area contributed by atoms with Gasteiger partial charge in [-0.2, -0.15) is 0 Å². The summed E-state index contributed by atoms with van der Waals surface area (Å²) in [4.78, 5) is 27.8. The largest absolute Gasteiger partial charge is 0.497 e. The molecule has 1 aliphatic heterocycles. The van der Waals surface area contributed by atoms with Crippen molar-refractivity contribution in [2.24, 2.45) is 0 Å². The lowest BCUT2D eigenvalue weighted by molar-refractivity contribution is -0.136. The number of hydrogen-bond donors (Lipinski definition) is 1. The lowest BCUT2D eigenvalue weighted by Gasteiger charge is -2.24. The van der Waals surface area contributed by atoms with Crippen molar-refractivity contribution >= 4 is 28.8 Å². The fourth-order valence-electron chi connectivity index (χ4n) is 2.90. The van der Waals surface area contributed by atoms with Crippen LogP contribution in [0, 0.1) is 0 Å². The first kappa shape index (κ1) is 16.5. The third kappa shape index (κ3) is 3.76. The number of ether oxygens (including phenoxy) is 1. The second-order valence-corrected chi connectivity index (χ2v) is 6.75. The van der Waals surface area contributed by atoms with E-state index < -0.39 is 0 Å². The normalized spacial score (nSPS) is 16.9. The molecular formula is C18H20N2O3S. The number of hydrogen-bond acceptors (Lipinski definition) is 4. The molecular weight excluding hydrogens is 324 g/mol.